The SMILES string of the molecule is CCc1nnc(OCCC(C)C)c(C(=N)N)c1CC. The molecule has 0 saturated heterocycles. The van der Waals surface area contributed by atoms with E-state index in [0.717, 1.165) is 30.5 Å². The van der Waals surface area contributed by atoms with Crippen LogP contribution in [0.5, 0.6) is 5.88 Å². The molecule has 5 nitrogen and oxygen atoms in total. The first-order chi connectivity index (χ1) is 9.01. The summed E-state index contributed by atoms with van der Waals surface area (Å²) in [6.07, 6.45) is 2.49. The Morgan fingerprint density at radius 1 is 1.26 bits per heavy atom. The van der Waals surface area contributed by atoms with Gasteiger partial charge in [0.15, 0.2) is 0 Å². The van der Waals surface area contributed by atoms with Crippen LogP contribution in [0.4, 0.5) is 0 Å². The lowest BCUT2D eigenvalue weighted by molar-refractivity contribution is 0.275. The molecule has 0 spiro atoms. The van der Waals surface area contributed by atoms with Crippen LogP contribution in [0.15, 0.2) is 0 Å². The minimum absolute atomic E-state index is 0.000923. The van der Waals surface area contributed by atoms with E-state index in [0.29, 0.717) is 24.0 Å². The summed E-state index contributed by atoms with van der Waals surface area (Å²) < 4.78 is 5.66. The van der Waals surface area contributed by atoms with Crippen molar-refractivity contribution in [3.8, 4) is 5.88 Å². The molecule has 0 unspecified atom stereocenters. The molecular weight excluding hydrogens is 240 g/mol. The Hall–Kier alpha value is -1.65. The van der Waals surface area contributed by atoms with Crippen LogP contribution in [0, 0.1) is 11.3 Å². The number of hydrogen-bond donors (Lipinski definition) is 2. The molecule has 3 N–H and O–H groups in total. The molecular formula is C14H24N4O. The molecule has 1 heterocycles. The van der Waals surface area contributed by atoms with Gasteiger partial charge >= 0.3 is 0 Å². The first kappa shape index (κ1) is 15.4. The molecule has 1 aromatic rings. The van der Waals surface area contributed by atoms with Gasteiger partial charge in [0.1, 0.15) is 5.84 Å². The second kappa shape index (κ2) is 7.07. The maximum Gasteiger partial charge on any atom is 0.244 e. The maximum absolute atomic E-state index is 7.74. The Balaban J connectivity index is 3.06. The molecule has 0 aliphatic carbocycles. The molecule has 0 aliphatic rings. The van der Waals surface area contributed by atoms with Crippen LogP contribution in [0.25, 0.3) is 0 Å². The molecule has 0 aromatic carbocycles. The zero-order valence-corrected chi connectivity index (χ0v) is 12.3. The molecule has 5 heteroatoms. The Morgan fingerprint density at radius 2 is 1.95 bits per heavy atom. The van der Waals surface area contributed by atoms with E-state index in [1.54, 1.807) is 0 Å². The summed E-state index contributed by atoms with van der Waals surface area (Å²) in [5.74, 6) is 0.956. The average molecular weight is 264 g/mol. The molecule has 0 fully saturated rings. The van der Waals surface area contributed by atoms with Crippen LogP contribution in [0.2, 0.25) is 0 Å². The molecule has 0 radical (unpaired) electrons. The molecule has 0 amide bonds. The van der Waals surface area contributed by atoms with Gasteiger partial charge in [-0.1, -0.05) is 27.7 Å². The molecule has 106 valence electrons. The molecule has 0 aliphatic heterocycles. The molecule has 0 atom stereocenters. The summed E-state index contributed by atoms with van der Waals surface area (Å²) in [5.41, 5.74) is 8.16. The fourth-order valence-electron chi connectivity index (χ4n) is 1.92. The number of aryl methyl sites for hydroxylation is 1. The quantitative estimate of drug-likeness (QED) is 0.584. The lowest BCUT2D eigenvalue weighted by Crippen LogP contribution is -2.19. The van der Waals surface area contributed by atoms with Gasteiger partial charge in [-0.05, 0) is 30.7 Å². The normalized spacial score (nSPS) is 10.8. The number of hydrogen-bond acceptors (Lipinski definition) is 4. The molecule has 1 aromatic heterocycles. The van der Waals surface area contributed by atoms with E-state index in [-0.39, 0.29) is 5.84 Å². The largest absolute Gasteiger partial charge is 0.476 e. The van der Waals surface area contributed by atoms with Crippen LogP contribution < -0.4 is 10.5 Å². The maximum atomic E-state index is 7.74. The molecule has 19 heavy (non-hydrogen) atoms. The number of nitrogens with zero attached hydrogens (tertiary/aromatic N) is 2. The van der Waals surface area contributed by atoms with Gasteiger partial charge in [-0.25, -0.2) is 0 Å². The first-order valence-electron chi connectivity index (χ1n) is 6.86. The summed E-state index contributed by atoms with van der Waals surface area (Å²) in [5, 5.41) is 16.0. The van der Waals surface area contributed by atoms with Crippen molar-refractivity contribution in [3.05, 3.63) is 16.8 Å². The Labute approximate surface area is 115 Å². The van der Waals surface area contributed by atoms with E-state index in [4.69, 9.17) is 15.9 Å². The predicted octanol–water partition coefficient (Wildman–Crippen LogP) is 2.31. The lowest BCUT2D eigenvalue weighted by atomic mass is 10.0. The van der Waals surface area contributed by atoms with Crippen molar-refractivity contribution in [2.24, 2.45) is 11.7 Å². The van der Waals surface area contributed by atoms with E-state index >= 15 is 0 Å². The van der Waals surface area contributed by atoms with E-state index in [1.165, 1.54) is 0 Å². The van der Waals surface area contributed by atoms with E-state index in [1.807, 2.05) is 13.8 Å². The zero-order valence-electron chi connectivity index (χ0n) is 12.3. The molecule has 0 bridgehead atoms. The van der Waals surface area contributed by atoms with Gasteiger partial charge in [0, 0.05) is 0 Å². The minimum atomic E-state index is 0.000923. The Morgan fingerprint density at radius 3 is 2.42 bits per heavy atom. The summed E-state index contributed by atoms with van der Waals surface area (Å²) in [6.45, 7) is 8.89. The number of nitrogens with one attached hydrogen (secondary N) is 1. The van der Waals surface area contributed by atoms with Crippen LogP contribution in [0.3, 0.4) is 0 Å². The van der Waals surface area contributed by atoms with Crippen molar-refractivity contribution in [2.45, 2.75) is 47.0 Å². The van der Waals surface area contributed by atoms with Gasteiger partial charge in [-0.2, -0.15) is 5.10 Å². The van der Waals surface area contributed by atoms with Crippen molar-refractivity contribution in [1.29, 1.82) is 5.41 Å². The Bertz CT molecular complexity index is 443. The second-order valence-electron chi connectivity index (χ2n) is 4.96. The summed E-state index contributed by atoms with van der Waals surface area (Å²) in [7, 11) is 0. The number of nitrogen functional groups attached to an aromatic ring is 1. The summed E-state index contributed by atoms with van der Waals surface area (Å²) in [6, 6.07) is 0. The number of aromatic nitrogens is 2. The average Bonchev–Trinajstić information content (AvgIpc) is 2.37. The van der Waals surface area contributed by atoms with Crippen molar-refractivity contribution < 1.29 is 4.74 Å². The monoisotopic (exact) mass is 264 g/mol. The van der Waals surface area contributed by atoms with Crippen LogP contribution in [-0.2, 0) is 12.8 Å². The fraction of sp³-hybridized carbons (Fsp3) is 0.643. The topological polar surface area (TPSA) is 84.9 Å². The third kappa shape index (κ3) is 3.91. The van der Waals surface area contributed by atoms with Crippen LogP contribution >= 0.6 is 0 Å². The highest BCUT2D eigenvalue weighted by molar-refractivity contribution is 5.98. The number of nitrogens with two attached hydrogens (primary N) is 1. The van der Waals surface area contributed by atoms with Crippen LogP contribution in [-0.4, -0.2) is 22.6 Å². The van der Waals surface area contributed by atoms with Crippen molar-refractivity contribution in [1.82, 2.24) is 10.2 Å². The van der Waals surface area contributed by atoms with Crippen molar-refractivity contribution >= 4 is 5.84 Å². The highest BCUT2D eigenvalue weighted by atomic mass is 16.5. The first-order valence-corrected chi connectivity index (χ1v) is 6.86. The number of rotatable bonds is 7. The summed E-state index contributed by atoms with van der Waals surface area (Å²) in [4.78, 5) is 0. The van der Waals surface area contributed by atoms with Gasteiger partial charge in [0.25, 0.3) is 0 Å². The lowest BCUT2D eigenvalue weighted by Gasteiger charge is -2.15. The zero-order chi connectivity index (χ0) is 14.4. The smallest absolute Gasteiger partial charge is 0.244 e. The van der Waals surface area contributed by atoms with E-state index < -0.39 is 0 Å². The van der Waals surface area contributed by atoms with Gasteiger partial charge in [0.2, 0.25) is 5.88 Å². The van der Waals surface area contributed by atoms with Gasteiger partial charge in [-0.15, -0.1) is 5.10 Å². The number of amidine groups is 1. The van der Waals surface area contributed by atoms with Gasteiger partial charge in [-0.3, -0.25) is 5.41 Å². The van der Waals surface area contributed by atoms with Gasteiger partial charge < -0.3 is 10.5 Å². The highest BCUT2D eigenvalue weighted by Gasteiger charge is 2.17. The fourth-order valence-corrected chi connectivity index (χ4v) is 1.92. The van der Waals surface area contributed by atoms with Crippen LogP contribution in [0.1, 0.15) is 50.9 Å². The van der Waals surface area contributed by atoms with E-state index in [2.05, 4.69) is 24.0 Å². The molecule has 0 saturated carbocycles. The van der Waals surface area contributed by atoms with Gasteiger partial charge in [0.05, 0.1) is 17.9 Å². The van der Waals surface area contributed by atoms with Crippen molar-refractivity contribution in [2.75, 3.05) is 6.61 Å². The number of ether oxygens (including phenoxy) is 1. The second-order valence-corrected chi connectivity index (χ2v) is 4.96. The third-order valence-electron chi connectivity index (χ3n) is 3.02. The minimum Gasteiger partial charge on any atom is -0.476 e. The van der Waals surface area contributed by atoms with E-state index in [9.17, 15) is 0 Å². The standard InChI is InChI=1S/C14H24N4O/c1-5-10-11(6-2)17-18-14(12(10)13(15)16)19-8-7-9(3)4/h9H,5-8H2,1-4H3,(H3,15,16). The molecule has 1 rings (SSSR count). The van der Waals surface area contributed by atoms with Crippen molar-refractivity contribution in [3.63, 3.8) is 0 Å². The Kier molecular flexibility index (Phi) is 5.73. The third-order valence-corrected chi connectivity index (χ3v) is 3.02. The predicted molar refractivity (Wildman–Crippen MR) is 76.8 cm³/mol. The highest BCUT2D eigenvalue weighted by Crippen LogP contribution is 2.22. The summed E-state index contributed by atoms with van der Waals surface area (Å²) >= 11 is 0.